The van der Waals surface area contributed by atoms with E-state index in [-0.39, 0.29) is 18.9 Å². The summed E-state index contributed by atoms with van der Waals surface area (Å²) in [7, 11) is 0. The van der Waals surface area contributed by atoms with Gasteiger partial charge >= 0.3 is 0 Å². The van der Waals surface area contributed by atoms with Crippen LogP contribution in [0.1, 0.15) is 6.92 Å². The van der Waals surface area contributed by atoms with Gasteiger partial charge < -0.3 is 0 Å². The van der Waals surface area contributed by atoms with Crippen LogP contribution in [0.4, 0.5) is 3.89 Å². The molecule has 0 saturated carbocycles. The monoisotopic (exact) mass is 102 g/mol. The molecule has 1 radical (unpaired) electrons. The van der Waals surface area contributed by atoms with Gasteiger partial charge in [-0.25, -0.2) is 0 Å². The molecule has 1 N–H and O–H groups in total. The van der Waals surface area contributed by atoms with E-state index in [4.69, 9.17) is 4.78 Å². The molecular formula is C2H6FLiNS. The number of rotatable bonds is 1. The molecule has 33 valence electrons. The zero-order valence-corrected chi connectivity index (χ0v) is 4.81. The van der Waals surface area contributed by atoms with E-state index in [0.29, 0.717) is 5.75 Å². The molecule has 0 aliphatic rings. The average Bonchev–Trinajstić information content (AvgIpc) is 1.38. The fourth-order valence-electron chi connectivity index (χ4n) is 0. The van der Waals surface area contributed by atoms with Crippen LogP contribution >= 0.6 is 0 Å². The third-order valence-electron chi connectivity index (χ3n) is 0.253. The van der Waals surface area contributed by atoms with Crippen LogP contribution in [0.3, 0.4) is 0 Å². The zero-order valence-electron chi connectivity index (χ0n) is 3.99. The Balaban J connectivity index is 0. The van der Waals surface area contributed by atoms with Crippen LogP contribution in [0.15, 0.2) is 0 Å². The van der Waals surface area contributed by atoms with E-state index < -0.39 is 11.1 Å². The van der Waals surface area contributed by atoms with Gasteiger partial charge in [-0.1, -0.05) is 6.92 Å². The molecule has 1 atom stereocenters. The van der Waals surface area contributed by atoms with Gasteiger partial charge in [-0.15, -0.1) is 0 Å². The molecule has 0 aliphatic carbocycles. The average molecular weight is 102 g/mol. The summed E-state index contributed by atoms with van der Waals surface area (Å²) in [4.78, 5) is 0. The number of halogens is 1. The minimum Gasteiger partial charge on any atom is -0.251 e. The molecule has 0 aliphatic heterocycles. The Morgan fingerprint density at radius 1 is 1.83 bits per heavy atom. The van der Waals surface area contributed by atoms with Crippen LogP contribution in [0.25, 0.3) is 0 Å². The van der Waals surface area contributed by atoms with Crippen molar-refractivity contribution in [1.29, 1.82) is 4.78 Å². The number of hydrogen-bond donors (Lipinski definition) is 1. The van der Waals surface area contributed by atoms with Crippen LogP contribution in [-0.2, 0) is 11.1 Å². The molecule has 0 fully saturated rings. The summed E-state index contributed by atoms with van der Waals surface area (Å²) < 4.78 is 17.3. The molecule has 1 unspecified atom stereocenters. The molecule has 0 aromatic heterocycles. The van der Waals surface area contributed by atoms with Crippen molar-refractivity contribution in [1.82, 2.24) is 0 Å². The van der Waals surface area contributed by atoms with Crippen LogP contribution < -0.4 is 0 Å². The van der Waals surface area contributed by atoms with Crippen molar-refractivity contribution in [3.8, 4) is 0 Å². The standard InChI is InChI=1S/C2H6FNS.Li/c1-2-5(3)4;/h4H,2H2,1H3;. The topological polar surface area (TPSA) is 23.9 Å². The second kappa shape index (κ2) is 5.68. The molecule has 0 spiro atoms. The van der Waals surface area contributed by atoms with Crippen LogP contribution in [0, 0.1) is 4.78 Å². The molecular weight excluding hydrogens is 96.0 g/mol. The minimum absolute atomic E-state index is 0. The molecule has 4 heteroatoms. The molecule has 0 heterocycles. The van der Waals surface area contributed by atoms with Crippen molar-refractivity contribution >= 4 is 29.9 Å². The van der Waals surface area contributed by atoms with Gasteiger partial charge in [0.15, 0.2) is 0 Å². The third-order valence-corrected chi connectivity index (χ3v) is 0.760. The third kappa shape index (κ3) is 8.82. The SMILES string of the molecule is CCS(=N)F.[Li]. The molecule has 0 saturated heterocycles. The van der Waals surface area contributed by atoms with E-state index in [2.05, 4.69) is 0 Å². The summed E-state index contributed by atoms with van der Waals surface area (Å²) in [6, 6.07) is 0. The first-order valence-corrected chi connectivity index (χ1v) is 2.65. The van der Waals surface area contributed by atoms with Crippen molar-refractivity contribution in [3.05, 3.63) is 0 Å². The van der Waals surface area contributed by atoms with Crippen molar-refractivity contribution in [3.63, 3.8) is 0 Å². The molecule has 6 heavy (non-hydrogen) atoms. The first kappa shape index (κ1) is 9.84. The summed E-state index contributed by atoms with van der Waals surface area (Å²) >= 11 is -1.57. The van der Waals surface area contributed by atoms with Gasteiger partial charge in [0.25, 0.3) is 0 Å². The maximum atomic E-state index is 11.1. The number of hydrogen-bond acceptors (Lipinski definition) is 1. The maximum absolute atomic E-state index is 11.1. The molecule has 1 nitrogen and oxygen atoms in total. The van der Waals surface area contributed by atoms with Gasteiger partial charge in [0.05, 0.1) is 11.1 Å². The quantitative estimate of drug-likeness (QED) is 0.475. The molecule has 0 amide bonds. The van der Waals surface area contributed by atoms with E-state index in [1.54, 1.807) is 6.92 Å². The summed E-state index contributed by atoms with van der Waals surface area (Å²) in [6.45, 7) is 1.65. The molecule has 0 bridgehead atoms. The summed E-state index contributed by atoms with van der Waals surface area (Å²) in [6.07, 6.45) is 0. The van der Waals surface area contributed by atoms with E-state index in [1.807, 2.05) is 0 Å². The fraction of sp³-hybridized carbons (Fsp3) is 1.00. The Hall–Kier alpha value is 0.677. The molecule has 0 aromatic carbocycles. The van der Waals surface area contributed by atoms with Gasteiger partial charge in [0, 0.05) is 24.6 Å². The molecule has 0 aromatic rings. The maximum Gasteiger partial charge on any atom is 0.0740 e. The van der Waals surface area contributed by atoms with Crippen molar-refractivity contribution in [2.45, 2.75) is 6.92 Å². The fourth-order valence-corrected chi connectivity index (χ4v) is 0. The smallest absolute Gasteiger partial charge is 0.0740 e. The Labute approximate surface area is 51.7 Å². The summed E-state index contributed by atoms with van der Waals surface area (Å²) in [5.41, 5.74) is 0. The van der Waals surface area contributed by atoms with E-state index in [1.165, 1.54) is 0 Å². The first-order valence-electron chi connectivity index (χ1n) is 1.35. The van der Waals surface area contributed by atoms with E-state index >= 15 is 0 Å². The second-order valence-electron chi connectivity index (χ2n) is 0.619. The largest absolute Gasteiger partial charge is 0.251 e. The Bertz CT molecular complexity index is 48.8. The van der Waals surface area contributed by atoms with Crippen LogP contribution in [-0.4, -0.2) is 24.6 Å². The predicted molar refractivity (Wildman–Crippen MR) is 27.5 cm³/mol. The van der Waals surface area contributed by atoms with Crippen molar-refractivity contribution in [2.75, 3.05) is 5.75 Å². The Morgan fingerprint density at radius 2 is 2.00 bits per heavy atom. The normalized spacial score (nSPS) is 12.3. The predicted octanol–water partition coefficient (Wildman–Crippen LogP) is 0.891. The van der Waals surface area contributed by atoms with Gasteiger partial charge in [-0.05, 0) is 0 Å². The van der Waals surface area contributed by atoms with Gasteiger partial charge in [0.1, 0.15) is 0 Å². The minimum atomic E-state index is -1.57. The Morgan fingerprint density at radius 3 is 2.00 bits per heavy atom. The second-order valence-corrected chi connectivity index (χ2v) is 1.86. The Kier molecular flexibility index (Phi) is 9.31. The van der Waals surface area contributed by atoms with E-state index in [0.717, 1.165) is 0 Å². The van der Waals surface area contributed by atoms with E-state index in [9.17, 15) is 3.89 Å². The zero-order chi connectivity index (χ0) is 4.28. The number of nitrogens with one attached hydrogen (secondary N) is 1. The van der Waals surface area contributed by atoms with Crippen LogP contribution in [0.5, 0.6) is 0 Å². The van der Waals surface area contributed by atoms with Gasteiger partial charge in [-0.3, -0.25) is 4.78 Å². The first-order chi connectivity index (χ1) is 2.27. The molecule has 0 rings (SSSR count). The summed E-state index contributed by atoms with van der Waals surface area (Å²) in [5.74, 6) is 0.333. The van der Waals surface area contributed by atoms with Crippen molar-refractivity contribution < 1.29 is 3.89 Å². The van der Waals surface area contributed by atoms with Crippen molar-refractivity contribution in [2.24, 2.45) is 0 Å². The van der Waals surface area contributed by atoms with Crippen LogP contribution in [0.2, 0.25) is 0 Å². The summed E-state index contributed by atoms with van der Waals surface area (Å²) in [5, 5.41) is 0. The van der Waals surface area contributed by atoms with Gasteiger partial charge in [0.2, 0.25) is 0 Å². The van der Waals surface area contributed by atoms with Gasteiger partial charge in [-0.2, -0.15) is 3.89 Å².